The molecule has 0 radical (unpaired) electrons. The first-order valence-corrected chi connectivity index (χ1v) is 14.0. The minimum absolute atomic E-state index is 0.0542. The molecule has 0 saturated carbocycles. The monoisotopic (exact) mass is 568 g/mol. The number of hydrogen-bond donors (Lipinski definition) is 0. The van der Waals surface area contributed by atoms with Crippen LogP contribution in [0, 0.1) is 5.41 Å². The first-order chi connectivity index (χ1) is 16.8. The number of halogens is 1. The van der Waals surface area contributed by atoms with Crippen molar-refractivity contribution in [2.45, 2.75) is 55.3 Å². The molecule has 0 spiro atoms. The zero-order chi connectivity index (χ0) is 24.3. The summed E-state index contributed by atoms with van der Waals surface area (Å²) in [4.78, 5) is 0. The van der Waals surface area contributed by atoms with E-state index in [0.717, 1.165) is 0 Å². The van der Waals surface area contributed by atoms with Crippen LogP contribution in [0.5, 0.6) is 0 Å². The van der Waals surface area contributed by atoms with Crippen molar-refractivity contribution in [3.63, 3.8) is 0 Å². The van der Waals surface area contributed by atoms with Crippen LogP contribution >= 0.6 is 22.6 Å². The fraction of sp³-hybridized carbons (Fsp3) is 0.294. The van der Waals surface area contributed by atoms with E-state index in [4.69, 9.17) is 0 Å². The minimum Gasteiger partial charge on any atom is -0.0683 e. The predicted octanol–water partition coefficient (Wildman–Crippen LogP) is 9.92. The van der Waals surface area contributed by atoms with Crippen LogP contribution in [-0.2, 0) is 8.84 Å². The molecule has 4 aromatic carbocycles. The van der Waals surface area contributed by atoms with Crippen LogP contribution in [0.1, 0.15) is 68.7 Å². The number of fused-ring (bicyclic) bond motifs is 6. The summed E-state index contributed by atoms with van der Waals surface area (Å²) >= 11 is 2.76. The van der Waals surface area contributed by atoms with Crippen molar-refractivity contribution in [1.29, 1.82) is 0 Å². The molecular formula is C34H33I. The Hall–Kier alpha value is -2.39. The van der Waals surface area contributed by atoms with E-state index in [0.29, 0.717) is 0 Å². The molecule has 4 aromatic rings. The highest BCUT2D eigenvalue weighted by Gasteiger charge is 2.43. The van der Waals surface area contributed by atoms with Gasteiger partial charge in [0.15, 0.2) is 0 Å². The van der Waals surface area contributed by atoms with Gasteiger partial charge in [0.05, 0.1) is 3.42 Å². The maximum Gasteiger partial charge on any atom is 0.0730 e. The molecule has 176 valence electrons. The van der Waals surface area contributed by atoms with Crippen LogP contribution in [0.25, 0.3) is 22.3 Å². The highest BCUT2D eigenvalue weighted by Crippen LogP contribution is 2.57. The largest absolute Gasteiger partial charge is 0.0730 e. The predicted molar refractivity (Wildman–Crippen MR) is 157 cm³/mol. The molecule has 0 N–H and O–H groups in total. The van der Waals surface area contributed by atoms with Crippen molar-refractivity contribution in [1.82, 2.24) is 0 Å². The van der Waals surface area contributed by atoms with Crippen molar-refractivity contribution in [3.8, 4) is 22.3 Å². The third-order valence-electron chi connectivity index (χ3n) is 8.78. The Kier molecular flexibility index (Phi) is 5.49. The van der Waals surface area contributed by atoms with E-state index in [1.54, 1.807) is 0 Å². The molecule has 1 heteroatoms. The Bertz CT molecular complexity index is 1210. The van der Waals surface area contributed by atoms with Gasteiger partial charge in [-0.3, -0.25) is 0 Å². The summed E-state index contributed by atoms with van der Waals surface area (Å²) in [5.74, 6) is 0. The van der Waals surface area contributed by atoms with Crippen LogP contribution in [0.4, 0.5) is 0 Å². The molecule has 0 aliphatic heterocycles. The lowest BCUT2D eigenvalue weighted by atomic mass is 9.70. The molecule has 2 aliphatic rings. The van der Waals surface area contributed by atoms with Gasteiger partial charge in [-0.25, -0.2) is 0 Å². The van der Waals surface area contributed by atoms with E-state index in [-0.39, 0.29) is 14.3 Å². The van der Waals surface area contributed by atoms with Gasteiger partial charge in [0.1, 0.15) is 0 Å². The zero-order valence-corrected chi connectivity index (χ0v) is 23.1. The van der Waals surface area contributed by atoms with E-state index >= 15 is 0 Å². The van der Waals surface area contributed by atoms with Crippen LogP contribution in [0.15, 0.2) is 97.1 Å². The van der Waals surface area contributed by atoms with E-state index in [1.165, 1.54) is 70.2 Å². The van der Waals surface area contributed by atoms with Crippen molar-refractivity contribution in [2.24, 2.45) is 5.41 Å². The van der Waals surface area contributed by atoms with Crippen LogP contribution in [0.3, 0.4) is 0 Å². The molecular weight excluding hydrogens is 535 g/mol. The average Bonchev–Trinajstić information content (AvgIpc) is 3.30. The van der Waals surface area contributed by atoms with Gasteiger partial charge in [0.25, 0.3) is 0 Å². The Morgan fingerprint density at radius 3 is 1.34 bits per heavy atom. The molecule has 0 saturated heterocycles. The van der Waals surface area contributed by atoms with Gasteiger partial charge in [0, 0.05) is 5.41 Å². The molecule has 0 atom stereocenters. The second kappa shape index (κ2) is 8.34. The van der Waals surface area contributed by atoms with Crippen molar-refractivity contribution in [2.75, 3.05) is 0 Å². The molecule has 0 fully saturated rings. The molecule has 2 aliphatic carbocycles. The third kappa shape index (κ3) is 3.61. The summed E-state index contributed by atoms with van der Waals surface area (Å²) in [5.41, 5.74) is 12.0. The standard InChI is InChI=1S/C34H33I/c1-32(2,20-22-33(3)28-16-8-4-12-24(28)25-13-5-9-17-29(25)33)21-23-34(35)30-18-10-6-14-26(30)27-15-7-11-19-31(27)34/h4-19H,20-23H2,1-3H3. The lowest BCUT2D eigenvalue weighted by molar-refractivity contribution is 0.263. The molecule has 0 nitrogen and oxygen atoms in total. The van der Waals surface area contributed by atoms with Crippen LogP contribution < -0.4 is 0 Å². The van der Waals surface area contributed by atoms with Crippen molar-refractivity contribution in [3.05, 3.63) is 119 Å². The second-order valence-corrected chi connectivity index (χ2v) is 13.3. The maximum absolute atomic E-state index is 2.76. The fourth-order valence-corrected chi connectivity index (χ4v) is 7.79. The minimum atomic E-state index is 0.0542. The number of rotatable bonds is 6. The van der Waals surface area contributed by atoms with Gasteiger partial charge in [0.2, 0.25) is 0 Å². The smallest absolute Gasteiger partial charge is 0.0683 e. The van der Waals surface area contributed by atoms with Crippen molar-refractivity contribution < 1.29 is 0 Å². The normalized spacial score (nSPS) is 16.3. The van der Waals surface area contributed by atoms with Crippen LogP contribution in [-0.4, -0.2) is 0 Å². The Labute approximate surface area is 224 Å². The van der Waals surface area contributed by atoms with Gasteiger partial charge >= 0.3 is 0 Å². The summed E-state index contributed by atoms with van der Waals surface area (Å²) in [6, 6.07) is 36.2. The van der Waals surface area contributed by atoms with Gasteiger partial charge in [-0.2, -0.15) is 0 Å². The lowest BCUT2D eigenvalue weighted by Gasteiger charge is -2.35. The molecule has 0 bridgehead atoms. The molecule has 0 amide bonds. The van der Waals surface area contributed by atoms with E-state index in [2.05, 4.69) is 140 Å². The third-order valence-corrected chi connectivity index (χ3v) is 10.5. The highest BCUT2D eigenvalue weighted by atomic mass is 127. The van der Waals surface area contributed by atoms with Gasteiger partial charge in [-0.1, -0.05) is 140 Å². The molecule has 35 heavy (non-hydrogen) atoms. The Balaban J connectivity index is 1.25. The van der Waals surface area contributed by atoms with E-state index in [9.17, 15) is 0 Å². The van der Waals surface area contributed by atoms with Gasteiger partial charge in [-0.15, -0.1) is 0 Å². The second-order valence-electron chi connectivity index (χ2n) is 11.5. The average molecular weight is 569 g/mol. The number of benzene rings is 4. The first-order valence-electron chi connectivity index (χ1n) is 12.9. The Morgan fingerprint density at radius 2 is 0.886 bits per heavy atom. The van der Waals surface area contributed by atoms with E-state index < -0.39 is 0 Å². The Morgan fingerprint density at radius 1 is 0.543 bits per heavy atom. The highest BCUT2D eigenvalue weighted by molar-refractivity contribution is 14.1. The molecule has 0 heterocycles. The molecule has 0 aromatic heterocycles. The summed E-state index contributed by atoms with van der Waals surface area (Å²) < 4.78 is 0.0542. The van der Waals surface area contributed by atoms with Gasteiger partial charge < -0.3 is 0 Å². The van der Waals surface area contributed by atoms with Gasteiger partial charge in [-0.05, 0) is 75.6 Å². The fourth-order valence-electron chi connectivity index (χ4n) is 6.58. The zero-order valence-electron chi connectivity index (χ0n) is 20.9. The maximum atomic E-state index is 2.76. The molecule has 6 rings (SSSR count). The summed E-state index contributed by atoms with van der Waals surface area (Å²) in [6.45, 7) is 7.43. The SMILES string of the molecule is CC(C)(CCC1(C)c2ccccc2-c2ccccc21)CCC1(I)c2ccccc2-c2ccccc21. The lowest BCUT2D eigenvalue weighted by Crippen LogP contribution is -2.26. The van der Waals surface area contributed by atoms with E-state index in [1.807, 2.05) is 0 Å². The summed E-state index contributed by atoms with van der Waals surface area (Å²) in [5, 5.41) is 0. The van der Waals surface area contributed by atoms with Crippen LogP contribution in [0.2, 0.25) is 0 Å². The molecule has 0 unspecified atom stereocenters. The topological polar surface area (TPSA) is 0 Å². The number of alkyl halides is 1. The summed E-state index contributed by atoms with van der Waals surface area (Å²) in [7, 11) is 0. The number of hydrogen-bond acceptors (Lipinski definition) is 0. The first kappa shape index (κ1) is 23.0. The summed E-state index contributed by atoms with van der Waals surface area (Å²) in [6.07, 6.45) is 4.76. The van der Waals surface area contributed by atoms with Crippen molar-refractivity contribution >= 4 is 22.6 Å². The quantitative estimate of drug-likeness (QED) is 0.160.